The maximum atomic E-state index is 12.1. The number of nitrogens with zero attached hydrogens (tertiary/aromatic N) is 1. The van der Waals surface area contributed by atoms with Crippen LogP contribution in [0.25, 0.3) is 0 Å². The maximum absolute atomic E-state index is 12.1. The topological polar surface area (TPSA) is 95.7 Å². The molecule has 0 bridgehead atoms. The summed E-state index contributed by atoms with van der Waals surface area (Å²) in [5.74, 6) is -1.17. The van der Waals surface area contributed by atoms with Crippen LogP contribution in [-0.4, -0.2) is 54.1 Å². The van der Waals surface area contributed by atoms with E-state index in [9.17, 15) is 14.7 Å². The second-order valence-corrected chi connectivity index (χ2v) is 5.08. The normalized spacial score (nSPS) is 17.5. The number of hydrogen-bond acceptors (Lipinski definition) is 4. The lowest BCUT2D eigenvalue weighted by Crippen LogP contribution is -2.57. The van der Waals surface area contributed by atoms with Gasteiger partial charge in [-0.25, -0.2) is 0 Å². The number of nitrogens with one attached hydrogen (secondary N) is 1. The molecule has 6 heteroatoms. The van der Waals surface area contributed by atoms with Crippen molar-refractivity contribution in [3.8, 4) is 0 Å². The van der Waals surface area contributed by atoms with Crippen LogP contribution in [0.4, 0.5) is 0 Å². The standard InChI is InChI=1S/C14H27N3O3/c1-6-7-8-9(2)12(18)11(13(15)19)17(5)14(20)10(3)16-4/h6-7,9-12,16,18H,8H2,1-5H3,(H2,15,19)/b7-6+/t9-,10+,11?,12-/m1/s1. The fourth-order valence-corrected chi connectivity index (χ4v) is 1.96. The Bertz CT molecular complexity index is 358. The molecule has 2 amide bonds. The third-order valence-corrected chi connectivity index (χ3v) is 3.51. The minimum absolute atomic E-state index is 0.177. The summed E-state index contributed by atoms with van der Waals surface area (Å²) in [5, 5.41) is 13.1. The highest BCUT2D eigenvalue weighted by atomic mass is 16.3. The van der Waals surface area contributed by atoms with Crippen LogP contribution in [0.5, 0.6) is 0 Å². The Hall–Kier alpha value is -1.40. The number of nitrogens with two attached hydrogens (primary N) is 1. The summed E-state index contributed by atoms with van der Waals surface area (Å²) in [4.78, 5) is 24.9. The first-order valence-electron chi connectivity index (χ1n) is 6.80. The fraction of sp³-hybridized carbons (Fsp3) is 0.714. The zero-order chi connectivity index (χ0) is 15.9. The van der Waals surface area contributed by atoms with E-state index in [1.54, 1.807) is 14.0 Å². The highest BCUT2D eigenvalue weighted by Crippen LogP contribution is 2.16. The second-order valence-electron chi connectivity index (χ2n) is 5.08. The monoisotopic (exact) mass is 285 g/mol. The summed E-state index contributed by atoms with van der Waals surface area (Å²) >= 11 is 0. The number of primary amides is 1. The van der Waals surface area contributed by atoms with Crippen molar-refractivity contribution in [2.24, 2.45) is 11.7 Å². The molecule has 0 aliphatic rings. The van der Waals surface area contributed by atoms with Crippen molar-refractivity contribution in [3.63, 3.8) is 0 Å². The highest BCUT2D eigenvalue weighted by molar-refractivity contribution is 5.89. The molecule has 20 heavy (non-hydrogen) atoms. The van der Waals surface area contributed by atoms with Crippen LogP contribution in [-0.2, 0) is 9.59 Å². The molecule has 0 aliphatic carbocycles. The molecule has 116 valence electrons. The van der Waals surface area contributed by atoms with E-state index >= 15 is 0 Å². The number of aliphatic hydroxyl groups excluding tert-OH is 1. The highest BCUT2D eigenvalue weighted by Gasteiger charge is 2.35. The van der Waals surface area contributed by atoms with Gasteiger partial charge in [-0.3, -0.25) is 9.59 Å². The first-order chi connectivity index (χ1) is 9.27. The van der Waals surface area contributed by atoms with E-state index in [2.05, 4.69) is 5.32 Å². The van der Waals surface area contributed by atoms with Gasteiger partial charge in [-0.1, -0.05) is 19.1 Å². The molecule has 0 saturated heterocycles. The van der Waals surface area contributed by atoms with Crippen molar-refractivity contribution in [1.82, 2.24) is 10.2 Å². The van der Waals surface area contributed by atoms with Crippen LogP contribution in [0, 0.1) is 5.92 Å². The molecule has 0 aromatic carbocycles. The number of amides is 2. The molecule has 4 N–H and O–H groups in total. The average molecular weight is 285 g/mol. The molecule has 0 rings (SSSR count). The predicted molar refractivity (Wildman–Crippen MR) is 78.9 cm³/mol. The minimum atomic E-state index is -1.03. The third-order valence-electron chi connectivity index (χ3n) is 3.51. The van der Waals surface area contributed by atoms with Gasteiger partial charge in [-0.2, -0.15) is 0 Å². The van der Waals surface area contributed by atoms with Crippen molar-refractivity contribution in [2.45, 2.75) is 45.4 Å². The Morgan fingerprint density at radius 1 is 1.40 bits per heavy atom. The molecule has 0 saturated carbocycles. The van der Waals surface area contributed by atoms with Gasteiger partial charge in [0.2, 0.25) is 11.8 Å². The molecule has 0 heterocycles. The van der Waals surface area contributed by atoms with Gasteiger partial charge in [0, 0.05) is 7.05 Å². The van der Waals surface area contributed by atoms with E-state index in [-0.39, 0.29) is 11.8 Å². The molecule has 0 aromatic rings. The number of likely N-dealkylation sites (N-methyl/N-ethyl adjacent to an activating group) is 2. The summed E-state index contributed by atoms with van der Waals surface area (Å²) in [6, 6.07) is -1.47. The third kappa shape index (κ3) is 4.94. The van der Waals surface area contributed by atoms with Gasteiger partial charge in [-0.15, -0.1) is 0 Å². The van der Waals surface area contributed by atoms with Crippen molar-refractivity contribution in [2.75, 3.05) is 14.1 Å². The van der Waals surface area contributed by atoms with E-state index in [1.807, 2.05) is 26.0 Å². The Labute approximate surface area is 121 Å². The van der Waals surface area contributed by atoms with Crippen molar-refractivity contribution < 1.29 is 14.7 Å². The summed E-state index contributed by atoms with van der Waals surface area (Å²) in [6.45, 7) is 5.39. The number of aliphatic hydroxyl groups is 1. The predicted octanol–water partition coefficient (Wildman–Crippen LogP) is -0.130. The molecule has 1 unspecified atom stereocenters. The van der Waals surface area contributed by atoms with Crippen LogP contribution in [0.1, 0.15) is 27.2 Å². The van der Waals surface area contributed by atoms with E-state index in [0.29, 0.717) is 6.42 Å². The number of rotatable bonds is 8. The lowest BCUT2D eigenvalue weighted by Gasteiger charge is -2.33. The Morgan fingerprint density at radius 3 is 2.35 bits per heavy atom. The average Bonchev–Trinajstić information content (AvgIpc) is 2.42. The van der Waals surface area contributed by atoms with Gasteiger partial charge in [0.15, 0.2) is 0 Å². The second kappa shape index (κ2) is 8.71. The number of carbonyl (C=O) groups excluding carboxylic acids is 2. The van der Waals surface area contributed by atoms with Gasteiger partial charge in [-0.05, 0) is 33.2 Å². The molecule has 0 spiro atoms. The Balaban J connectivity index is 5.04. The number of hydrogen-bond donors (Lipinski definition) is 3. The molecule has 4 atom stereocenters. The molecule has 0 radical (unpaired) electrons. The first kappa shape index (κ1) is 18.6. The van der Waals surface area contributed by atoms with Gasteiger partial charge >= 0.3 is 0 Å². The van der Waals surface area contributed by atoms with E-state index in [1.165, 1.54) is 11.9 Å². The van der Waals surface area contributed by atoms with Crippen molar-refractivity contribution in [1.29, 1.82) is 0 Å². The largest absolute Gasteiger partial charge is 0.390 e. The first-order valence-corrected chi connectivity index (χ1v) is 6.80. The van der Waals surface area contributed by atoms with Crippen LogP contribution >= 0.6 is 0 Å². The van der Waals surface area contributed by atoms with Crippen LogP contribution < -0.4 is 11.1 Å². The fourth-order valence-electron chi connectivity index (χ4n) is 1.96. The molecule has 0 aromatic heterocycles. The smallest absolute Gasteiger partial charge is 0.242 e. The maximum Gasteiger partial charge on any atom is 0.242 e. The van der Waals surface area contributed by atoms with E-state index in [4.69, 9.17) is 5.73 Å². The van der Waals surface area contributed by atoms with Gasteiger partial charge < -0.3 is 21.1 Å². The Morgan fingerprint density at radius 2 is 1.95 bits per heavy atom. The van der Waals surface area contributed by atoms with Crippen LogP contribution in [0.3, 0.4) is 0 Å². The summed E-state index contributed by atoms with van der Waals surface area (Å²) < 4.78 is 0. The zero-order valence-corrected chi connectivity index (χ0v) is 13.0. The minimum Gasteiger partial charge on any atom is -0.390 e. The number of carbonyl (C=O) groups is 2. The number of allylic oxidation sites excluding steroid dienone is 2. The Kier molecular flexibility index (Phi) is 8.10. The lowest BCUT2D eigenvalue weighted by atomic mass is 9.93. The molecule has 0 aliphatic heterocycles. The molecular weight excluding hydrogens is 258 g/mol. The molecule has 6 nitrogen and oxygen atoms in total. The van der Waals surface area contributed by atoms with Crippen LogP contribution in [0.2, 0.25) is 0 Å². The molecule has 0 fully saturated rings. The van der Waals surface area contributed by atoms with Crippen molar-refractivity contribution >= 4 is 11.8 Å². The molecular formula is C14H27N3O3. The quantitative estimate of drug-likeness (QED) is 0.541. The summed E-state index contributed by atoms with van der Waals surface area (Å²) in [7, 11) is 3.14. The van der Waals surface area contributed by atoms with E-state index < -0.39 is 24.1 Å². The van der Waals surface area contributed by atoms with Crippen LogP contribution in [0.15, 0.2) is 12.2 Å². The SMILES string of the molecule is C/C=C/C[C@@H](C)[C@@H](O)C(C(N)=O)N(C)C(=O)[C@H](C)NC. The van der Waals surface area contributed by atoms with Crippen molar-refractivity contribution in [3.05, 3.63) is 12.2 Å². The summed E-state index contributed by atoms with van der Waals surface area (Å²) in [6.07, 6.45) is 3.40. The van der Waals surface area contributed by atoms with E-state index in [0.717, 1.165) is 0 Å². The van der Waals surface area contributed by atoms with Gasteiger partial charge in [0.25, 0.3) is 0 Å². The van der Waals surface area contributed by atoms with Gasteiger partial charge in [0.1, 0.15) is 6.04 Å². The zero-order valence-electron chi connectivity index (χ0n) is 13.0. The lowest BCUT2D eigenvalue weighted by molar-refractivity contribution is -0.144. The van der Waals surface area contributed by atoms with Gasteiger partial charge in [0.05, 0.1) is 12.1 Å². The summed E-state index contributed by atoms with van der Waals surface area (Å²) in [5.41, 5.74) is 5.35.